The van der Waals surface area contributed by atoms with Crippen LogP contribution in [0.25, 0.3) is 11.3 Å². The van der Waals surface area contributed by atoms with Crippen LogP contribution in [0.3, 0.4) is 0 Å². The summed E-state index contributed by atoms with van der Waals surface area (Å²) in [5, 5.41) is 11.3. The van der Waals surface area contributed by atoms with Crippen molar-refractivity contribution in [3.8, 4) is 11.3 Å². The third-order valence-electron chi connectivity index (χ3n) is 2.71. The summed E-state index contributed by atoms with van der Waals surface area (Å²) in [6, 6.07) is 7.92. The maximum Gasteiger partial charge on any atom is 0.322 e. The van der Waals surface area contributed by atoms with Gasteiger partial charge >= 0.3 is 5.97 Å². The van der Waals surface area contributed by atoms with Crippen LogP contribution in [-0.4, -0.2) is 27.6 Å². The highest BCUT2D eigenvalue weighted by atomic mass is 16.4. The maximum absolute atomic E-state index is 10.5. The van der Waals surface area contributed by atoms with E-state index in [0.29, 0.717) is 5.95 Å². The van der Waals surface area contributed by atoms with E-state index in [-0.39, 0.29) is 6.54 Å². The lowest BCUT2D eigenvalue weighted by Crippen LogP contribution is -2.14. The van der Waals surface area contributed by atoms with Crippen LogP contribution in [0.2, 0.25) is 0 Å². The SMILES string of the molecule is Cc1ccc(-c2ccnc(NCC(=O)O)n2)c(C)c1. The van der Waals surface area contributed by atoms with Gasteiger partial charge in [-0.2, -0.15) is 0 Å². The molecule has 2 rings (SSSR count). The molecule has 2 N–H and O–H groups in total. The highest BCUT2D eigenvalue weighted by Crippen LogP contribution is 2.22. The zero-order valence-electron chi connectivity index (χ0n) is 10.8. The van der Waals surface area contributed by atoms with Crippen molar-refractivity contribution in [1.29, 1.82) is 0 Å². The monoisotopic (exact) mass is 257 g/mol. The van der Waals surface area contributed by atoms with E-state index < -0.39 is 5.97 Å². The zero-order valence-corrected chi connectivity index (χ0v) is 10.8. The van der Waals surface area contributed by atoms with Gasteiger partial charge in [0.15, 0.2) is 0 Å². The van der Waals surface area contributed by atoms with Gasteiger partial charge in [0.2, 0.25) is 5.95 Å². The Balaban J connectivity index is 2.29. The minimum absolute atomic E-state index is 0.198. The first kappa shape index (κ1) is 13.0. The number of benzene rings is 1. The van der Waals surface area contributed by atoms with Crippen LogP contribution in [-0.2, 0) is 4.79 Å². The van der Waals surface area contributed by atoms with Crippen LogP contribution in [0.5, 0.6) is 0 Å². The minimum atomic E-state index is -0.944. The number of aliphatic carboxylic acids is 1. The Bertz CT molecular complexity index is 611. The first-order valence-electron chi connectivity index (χ1n) is 5.92. The van der Waals surface area contributed by atoms with Gasteiger partial charge in [-0.1, -0.05) is 23.8 Å². The number of rotatable bonds is 4. The molecule has 98 valence electrons. The molecule has 0 unspecified atom stereocenters. The largest absolute Gasteiger partial charge is 0.480 e. The molecule has 0 radical (unpaired) electrons. The van der Waals surface area contributed by atoms with Crippen molar-refractivity contribution in [1.82, 2.24) is 9.97 Å². The Hall–Kier alpha value is -2.43. The zero-order chi connectivity index (χ0) is 13.8. The molecule has 0 bridgehead atoms. The quantitative estimate of drug-likeness (QED) is 0.878. The summed E-state index contributed by atoms with van der Waals surface area (Å²) >= 11 is 0. The number of carboxylic acid groups (broad SMARTS) is 1. The molecule has 5 nitrogen and oxygen atoms in total. The maximum atomic E-state index is 10.5. The molecule has 1 aromatic heterocycles. The topological polar surface area (TPSA) is 75.1 Å². The van der Waals surface area contributed by atoms with Crippen LogP contribution in [0.1, 0.15) is 11.1 Å². The molecule has 0 saturated heterocycles. The van der Waals surface area contributed by atoms with Crippen molar-refractivity contribution < 1.29 is 9.90 Å². The fourth-order valence-corrected chi connectivity index (χ4v) is 1.85. The molecule has 0 saturated carbocycles. The molecule has 0 aliphatic carbocycles. The number of carboxylic acids is 1. The lowest BCUT2D eigenvalue weighted by atomic mass is 10.0. The second kappa shape index (κ2) is 5.48. The molecule has 19 heavy (non-hydrogen) atoms. The van der Waals surface area contributed by atoms with E-state index in [0.717, 1.165) is 16.8 Å². The number of aromatic nitrogens is 2. The predicted octanol–water partition coefficient (Wildman–Crippen LogP) is 2.26. The van der Waals surface area contributed by atoms with E-state index in [4.69, 9.17) is 5.11 Å². The molecule has 2 aromatic rings. The first-order chi connectivity index (χ1) is 9.06. The van der Waals surface area contributed by atoms with E-state index in [1.165, 1.54) is 5.56 Å². The highest BCUT2D eigenvalue weighted by molar-refractivity contribution is 5.72. The summed E-state index contributed by atoms with van der Waals surface area (Å²) in [4.78, 5) is 18.8. The van der Waals surface area contributed by atoms with Gasteiger partial charge in [-0.3, -0.25) is 4.79 Å². The predicted molar refractivity (Wildman–Crippen MR) is 73.1 cm³/mol. The van der Waals surface area contributed by atoms with Crippen molar-refractivity contribution in [2.45, 2.75) is 13.8 Å². The van der Waals surface area contributed by atoms with Gasteiger partial charge in [-0.05, 0) is 25.5 Å². The molecule has 0 aliphatic heterocycles. The third-order valence-corrected chi connectivity index (χ3v) is 2.71. The molecule has 0 amide bonds. The Morgan fingerprint density at radius 2 is 2.11 bits per heavy atom. The molecule has 0 atom stereocenters. The summed E-state index contributed by atoms with van der Waals surface area (Å²) in [7, 11) is 0. The van der Waals surface area contributed by atoms with E-state index >= 15 is 0 Å². The fourth-order valence-electron chi connectivity index (χ4n) is 1.85. The standard InChI is InChI=1S/C14H15N3O2/c1-9-3-4-11(10(2)7-9)12-5-6-15-14(17-12)16-8-13(18)19/h3-7H,8H2,1-2H3,(H,18,19)(H,15,16,17). The fraction of sp³-hybridized carbons (Fsp3) is 0.214. The van der Waals surface area contributed by atoms with Gasteiger partial charge in [-0.25, -0.2) is 9.97 Å². The first-order valence-corrected chi connectivity index (χ1v) is 5.92. The van der Waals surface area contributed by atoms with Gasteiger partial charge in [0.25, 0.3) is 0 Å². The van der Waals surface area contributed by atoms with Crippen molar-refractivity contribution in [2.75, 3.05) is 11.9 Å². The normalized spacial score (nSPS) is 10.2. The number of hydrogen-bond acceptors (Lipinski definition) is 4. The Morgan fingerprint density at radius 3 is 2.79 bits per heavy atom. The summed E-state index contributed by atoms with van der Waals surface area (Å²) in [5.41, 5.74) is 4.12. The molecular weight excluding hydrogens is 242 g/mol. The van der Waals surface area contributed by atoms with Gasteiger partial charge in [0.05, 0.1) is 5.69 Å². The smallest absolute Gasteiger partial charge is 0.322 e. The van der Waals surface area contributed by atoms with Crippen molar-refractivity contribution in [3.63, 3.8) is 0 Å². The second-order valence-corrected chi connectivity index (χ2v) is 4.33. The van der Waals surface area contributed by atoms with Crippen LogP contribution >= 0.6 is 0 Å². The lowest BCUT2D eigenvalue weighted by Gasteiger charge is -2.08. The Labute approximate surface area is 111 Å². The van der Waals surface area contributed by atoms with E-state index in [9.17, 15) is 4.79 Å². The van der Waals surface area contributed by atoms with E-state index in [1.807, 2.05) is 32.0 Å². The van der Waals surface area contributed by atoms with E-state index in [1.54, 1.807) is 6.20 Å². The summed E-state index contributed by atoms with van der Waals surface area (Å²) in [5.74, 6) is -0.625. The number of anilines is 1. The van der Waals surface area contributed by atoms with Gasteiger partial charge in [0.1, 0.15) is 6.54 Å². The molecule has 0 fully saturated rings. The van der Waals surface area contributed by atoms with E-state index in [2.05, 4.69) is 21.4 Å². The Kier molecular flexibility index (Phi) is 3.75. The molecular formula is C14H15N3O2. The molecule has 0 aliphatic rings. The van der Waals surface area contributed by atoms with Crippen LogP contribution in [0, 0.1) is 13.8 Å². The van der Waals surface area contributed by atoms with Gasteiger partial charge in [0, 0.05) is 11.8 Å². The average Bonchev–Trinajstić information content (AvgIpc) is 2.36. The van der Waals surface area contributed by atoms with Crippen LogP contribution in [0.4, 0.5) is 5.95 Å². The summed E-state index contributed by atoms with van der Waals surface area (Å²) in [6.45, 7) is 3.86. The van der Waals surface area contributed by atoms with Crippen molar-refractivity contribution in [3.05, 3.63) is 41.6 Å². The highest BCUT2D eigenvalue weighted by Gasteiger charge is 2.06. The van der Waals surface area contributed by atoms with Crippen molar-refractivity contribution >= 4 is 11.9 Å². The van der Waals surface area contributed by atoms with Crippen LogP contribution < -0.4 is 5.32 Å². The lowest BCUT2D eigenvalue weighted by molar-refractivity contribution is -0.134. The molecule has 1 heterocycles. The summed E-state index contributed by atoms with van der Waals surface area (Å²) in [6.07, 6.45) is 1.62. The molecule has 5 heteroatoms. The third kappa shape index (κ3) is 3.28. The molecule has 1 aromatic carbocycles. The summed E-state index contributed by atoms with van der Waals surface area (Å²) < 4.78 is 0. The van der Waals surface area contributed by atoms with Gasteiger partial charge < -0.3 is 10.4 Å². The number of nitrogens with zero attached hydrogens (tertiary/aromatic N) is 2. The minimum Gasteiger partial charge on any atom is -0.480 e. The second-order valence-electron chi connectivity index (χ2n) is 4.33. The van der Waals surface area contributed by atoms with Crippen molar-refractivity contribution in [2.24, 2.45) is 0 Å². The van der Waals surface area contributed by atoms with Gasteiger partial charge in [-0.15, -0.1) is 0 Å². The number of hydrogen-bond donors (Lipinski definition) is 2. The van der Waals surface area contributed by atoms with Crippen LogP contribution in [0.15, 0.2) is 30.5 Å². The number of carbonyl (C=O) groups is 1. The number of nitrogens with one attached hydrogen (secondary N) is 1. The number of aryl methyl sites for hydroxylation is 2. The molecule has 0 spiro atoms. The Morgan fingerprint density at radius 1 is 1.32 bits per heavy atom. The average molecular weight is 257 g/mol.